The molecular formula is C16H23N. The molecule has 0 saturated carbocycles. The van der Waals surface area contributed by atoms with Crippen LogP contribution in [0.2, 0.25) is 0 Å². The highest BCUT2D eigenvalue weighted by molar-refractivity contribution is 5.27. The van der Waals surface area contributed by atoms with Crippen LogP contribution in [0, 0.1) is 12.3 Å². The molecule has 0 amide bonds. The van der Waals surface area contributed by atoms with E-state index in [1.807, 2.05) is 0 Å². The highest BCUT2D eigenvalue weighted by Gasteiger charge is 2.09. The van der Waals surface area contributed by atoms with Gasteiger partial charge in [-0.2, -0.15) is 0 Å². The van der Waals surface area contributed by atoms with Gasteiger partial charge in [-0.3, -0.25) is 0 Å². The van der Waals surface area contributed by atoms with Gasteiger partial charge < -0.3 is 5.32 Å². The van der Waals surface area contributed by atoms with Crippen LogP contribution < -0.4 is 5.32 Å². The average Bonchev–Trinajstić information content (AvgIpc) is 2.34. The molecular weight excluding hydrogens is 206 g/mol. The third-order valence-corrected chi connectivity index (χ3v) is 2.97. The summed E-state index contributed by atoms with van der Waals surface area (Å²) in [5, 5.41) is 3.49. The van der Waals surface area contributed by atoms with Gasteiger partial charge in [0.15, 0.2) is 0 Å². The molecule has 17 heavy (non-hydrogen) atoms. The first-order valence-corrected chi connectivity index (χ1v) is 6.45. The Morgan fingerprint density at radius 2 is 1.76 bits per heavy atom. The maximum Gasteiger partial charge on any atom is 0.0430 e. The second-order valence-electron chi connectivity index (χ2n) is 4.74. The number of nitrogens with one attached hydrogen (secondary N) is 1. The molecule has 0 aliphatic rings. The van der Waals surface area contributed by atoms with Gasteiger partial charge >= 0.3 is 0 Å². The molecule has 1 N–H and O–H groups in total. The molecule has 0 radical (unpaired) electrons. The average molecular weight is 229 g/mol. The smallest absolute Gasteiger partial charge is 0.0430 e. The molecule has 92 valence electrons. The molecule has 1 aromatic carbocycles. The quantitative estimate of drug-likeness (QED) is 0.730. The molecule has 0 bridgehead atoms. The zero-order valence-electron chi connectivity index (χ0n) is 11.2. The predicted octanol–water partition coefficient (Wildman–Crippen LogP) is 3.87. The van der Waals surface area contributed by atoms with Gasteiger partial charge in [0.25, 0.3) is 0 Å². The summed E-state index contributed by atoms with van der Waals surface area (Å²) in [6, 6.07) is 9.09. The van der Waals surface area contributed by atoms with Crippen LogP contribution in [0.3, 0.4) is 0 Å². The van der Waals surface area contributed by atoms with Crippen molar-refractivity contribution in [2.45, 2.75) is 45.6 Å². The molecule has 1 heteroatoms. The lowest BCUT2D eigenvalue weighted by molar-refractivity contribution is 0.542. The Balaban J connectivity index is 2.76. The van der Waals surface area contributed by atoms with Crippen LogP contribution in [0.25, 0.3) is 0 Å². The lowest BCUT2D eigenvalue weighted by atomic mass is 9.98. The van der Waals surface area contributed by atoms with Crippen molar-refractivity contribution in [1.29, 1.82) is 0 Å². The third-order valence-electron chi connectivity index (χ3n) is 2.97. The van der Waals surface area contributed by atoms with Crippen LogP contribution in [-0.2, 0) is 0 Å². The van der Waals surface area contributed by atoms with E-state index in [0.717, 1.165) is 19.4 Å². The number of terminal acetylenes is 1. The molecule has 0 aromatic heterocycles. The fourth-order valence-electron chi connectivity index (χ4n) is 1.86. The van der Waals surface area contributed by atoms with Crippen LogP contribution in [0.1, 0.15) is 56.7 Å². The van der Waals surface area contributed by atoms with Gasteiger partial charge in [-0.05, 0) is 30.0 Å². The van der Waals surface area contributed by atoms with E-state index in [0.29, 0.717) is 12.0 Å². The second kappa shape index (κ2) is 7.14. The van der Waals surface area contributed by atoms with E-state index in [2.05, 4.69) is 56.3 Å². The fraction of sp³-hybridized carbons (Fsp3) is 0.500. The minimum absolute atomic E-state index is 0.293. The second-order valence-corrected chi connectivity index (χ2v) is 4.74. The lowest BCUT2D eigenvalue weighted by Crippen LogP contribution is -2.21. The van der Waals surface area contributed by atoms with E-state index in [1.165, 1.54) is 11.1 Å². The van der Waals surface area contributed by atoms with Crippen molar-refractivity contribution in [1.82, 2.24) is 5.32 Å². The number of hydrogen-bond acceptors (Lipinski definition) is 1. The Hall–Kier alpha value is -1.26. The van der Waals surface area contributed by atoms with Gasteiger partial charge in [0, 0.05) is 12.5 Å². The zero-order chi connectivity index (χ0) is 12.7. The van der Waals surface area contributed by atoms with Crippen molar-refractivity contribution in [2.24, 2.45) is 0 Å². The van der Waals surface area contributed by atoms with Crippen molar-refractivity contribution >= 4 is 0 Å². The van der Waals surface area contributed by atoms with Crippen molar-refractivity contribution < 1.29 is 0 Å². The monoisotopic (exact) mass is 229 g/mol. The van der Waals surface area contributed by atoms with Crippen molar-refractivity contribution in [3.05, 3.63) is 35.4 Å². The highest BCUT2D eigenvalue weighted by atomic mass is 14.9. The molecule has 0 spiro atoms. The van der Waals surface area contributed by atoms with Crippen molar-refractivity contribution in [2.75, 3.05) is 6.54 Å². The minimum atomic E-state index is 0.293. The van der Waals surface area contributed by atoms with E-state index in [1.54, 1.807) is 0 Å². The first-order chi connectivity index (χ1) is 8.19. The summed E-state index contributed by atoms with van der Waals surface area (Å²) in [7, 11) is 0. The molecule has 1 nitrogen and oxygen atoms in total. The normalized spacial score (nSPS) is 12.4. The first-order valence-electron chi connectivity index (χ1n) is 6.45. The van der Waals surface area contributed by atoms with Crippen LogP contribution in [-0.4, -0.2) is 6.54 Å². The Labute approximate surface area is 106 Å². The summed E-state index contributed by atoms with van der Waals surface area (Å²) < 4.78 is 0. The molecule has 1 unspecified atom stereocenters. The number of rotatable bonds is 6. The molecule has 0 heterocycles. The summed E-state index contributed by atoms with van der Waals surface area (Å²) in [5.41, 5.74) is 2.67. The van der Waals surface area contributed by atoms with E-state index < -0.39 is 0 Å². The van der Waals surface area contributed by atoms with Crippen molar-refractivity contribution in [3.8, 4) is 12.3 Å². The molecule has 0 aliphatic carbocycles. The summed E-state index contributed by atoms with van der Waals surface area (Å²) in [6.45, 7) is 7.60. The summed E-state index contributed by atoms with van der Waals surface area (Å²) in [5.74, 6) is 3.33. The molecule has 1 atom stereocenters. The largest absolute Gasteiger partial charge is 0.309 e. The zero-order valence-corrected chi connectivity index (χ0v) is 11.2. The maximum atomic E-state index is 5.43. The van der Waals surface area contributed by atoms with Crippen LogP contribution in [0.4, 0.5) is 0 Å². The Kier molecular flexibility index (Phi) is 5.80. The number of benzene rings is 1. The molecule has 0 saturated heterocycles. The summed E-state index contributed by atoms with van der Waals surface area (Å²) in [6.07, 6.45) is 7.31. The summed E-state index contributed by atoms with van der Waals surface area (Å²) >= 11 is 0. The van der Waals surface area contributed by atoms with Gasteiger partial charge in [0.1, 0.15) is 0 Å². The molecule has 1 aromatic rings. The van der Waals surface area contributed by atoms with Gasteiger partial charge in [-0.25, -0.2) is 0 Å². The van der Waals surface area contributed by atoms with Crippen LogP contribution in [0.5, 0.6) is 0 Å². The van der Waals surface area contributed by atoms with Gasteiger partial charge in [0.2, 0.25) is 0 Å². The number of hydrogen-bond donors (Lipinski definition) is 1. The van der Waals surface area contributed by atoms with E-state index in [4.69, 9.17) is 6.42 Å². The van der Waals surface area contributed by atoms with Gasteiger partial charge in [-0.1, -0.05) is 45.0 Å². The third kappa shape index (κ3) is 4.24. The van der Waals surface area contributed by atoms with E-state index in [-0.39, 0.29) is 0 Å². The van der Waals surface area contributed by atoms with Crippen LogP contribution in [0.15, 0.2) is 24.3 Å². The van der Waals surface area contributed by atoms with Crippen LogP contribution >= 0.6 is 0 Å². The Morgan fingerprint density at radius 3 is 2.24 bits per heavy atom. The first kappa shape index (κ1) is 13.8. The Morgan fingerprint density at radius 1 is 1.18 bits per heavy atom. The van der Waals surface area contributed by atoms with Gasteiger partial charge in [-0.15, -0.1) is 12.3 Å². The predicted molar refractivity (Wildman–Crippen MR) is 75.0 cm³/mol. The van der Waals surface area contributed by atoms with E-state index >= 15 is 0 Å². The lowest BCUT2D eigenvalue weighted by Gasteiger charge is -2.17. The minimum Gasteiger partial charge on any atom is -0.309 e. The molecule has 1 rings (SSSR count). The Bertz CT molecular complexity index is 356. The highest BCUT2D eigenvalue weighted by Crippen LogP contribution is 2.20. The van der Waals surface area contributed by atoms with Gasteiger partial charge in [0.05, 0.1) is 0 Å². The topological polar surface area (TPSA) is 12.0 Å². The SMILES string of the molecule is C#CCC(NCCC)c1ccc(C(C)C)cc1. The van der Waals surface area contributed by atoms with Crippen molar-refractivity contribution in [3.63, 3.8) is 0 Å². The maximum absolute atomic E-state index is 5.43. The van der Waals surface area contributed by atoms with E-state index in [9.17, 15) is 0 Å². The standard InChI is InChI=1S/C16H23N/c1-5-7-16(17-12-6-2)15-10-8-14(9-11-15)13(3)4/h1,8-11,13,16-17H,6-7,12H2,2-4H3. The molecule has 0 aliphatic heterocycles. The fourth-order valence-corrected chi connectivity index (χ4v) is 1.86. The summed E-state index contributed by atoms with van der Waals surface area (Å²) in [4.78, 5) is 0. The molecule has 0 fully saturated rings.